The molecule has 1 atom stereocenters. The predicted octanol–water partition coefficient (Wildman–Crippen LogP) is 0.176. The Hall–Kier alpha value is -0.900. The van der Waals surface area contributed by atoms with Crippen LogP contribution >= 0.6 is 0 Å². The van der Waals surface area contributed by atoms with Crippen LogP contribution in [0.4, 0.5) is 0 Å². The van der Waals surface area contributed by atoms with Crippen molar-refractivity contribution in [1.82, 2.24) is 10.2 Å². The first-order valence-electron chi connectivity index (χ1n) is 5.77. The maximum atomic E-state index is 11.7. The number of hydrogen-bond donors (Lipinski definition) is 1. The number of piperazine rings is 1. The zero-order chi connectivity index (χ0) is 10.8. The van der Waals surface area contributed by atoms with E-state index in [2.05, 4.69) is 5.32 Å². The van der Waals surface area contributed by atoms with Gasteiger partial charge in [0.1, 0.15) is 5.78 Å². The van der Waals surface area contributed by atoms with E-state index in [9.17, 15) is 9.59 Å². The molecule has 15 heavy (non-hydrogen) atoms. The van der Waals surface area contributed by atoms with Gasteiger partial charge in [0.05, 0.1) is 12.6 Å². The molecule has 1 N–H and O–H groups in total. The molecule has 2 fully saturated rings. The highest BCUT2D eigenvalue weighted by atomic mass is 16.2. The minimum absolute atomic E-state index is 0.0762. The van der Waals surface area contributed by atoms with Gasteiger partial charge in [-0.3, -0.25) is 14.5 Å². The Kier molecular flexibility index (Phi) is 3.05. The molecule has 2 aliphatic rings. The van der Waals surface area contributed by atoms with Gasteiger partial charge in [0.25, 0.3) is 0 Å². The number of nitrogens with one attached hydrogen (secondary N) is 1. The van der Waals surface area contributed by atoms with Crippen LogP contribution in [0.2, 0.25) is 0 Å². The lowest BCUT2D eigenvalue weighted by molar-refractivity contribution is -0.131. The standard InChI is InChI=1S/C11H18N2O2/c1-2-9-11(15)12-5-6-13(9)7-10(14)8-3-4-8/h8-9H,2-7H2,1H3,(H,12,15). The number of nitrogens with zero attached hydrogens (tertiary/aromatic N) is 1. The Morgan fingerprint density at radius 3 is 2.87 bits per heavy atom. The van der Waals surface area contributed by atoms with Crippen LogP contribution in [0.1, 0.15) is 26.2 Å². The maximum Gasteiger partial charge on any atom is 0.237 e. The van der Waals surface area contributed by atoms with Gasteiger partial charge < -0.3 is 5.32 Å². The summed E-state index contributed by atoms with van der Waals surface area (Å²) in [5.74, 6) is 0.697. The van der Waals surface area contributed by atoms with E-state index in [0.29, 0.717) is 24.8 Å². The van der Waals surface area contributed by atoms with Gasteiger partial charge in [0.2, 0.25) is 5.91 Å². The minimum Gasteiger partial charge on any atom is -0.353 e. The van der Waals surface area contributed by atoms with E-state index in [1.165, 1.54) is 0 Å². The van der Waals surface area contributed by atoms with Gasteiger partial charge in [-0.05, 0) is 19.3 Å². The molecule has 1 saturated heterocycles. The Morgan fingerprint density at radius 1 is 1.53 bits per heavy atom. The second-order valence-corrected chi connectivity index (χ2v) is 4.43. The summed E-state index contributed by atoms with van der Waals surface area (Å²) in [4.78, 5) is 25.2. The zero-order valence-electron chi connectivity index (χ0n) is 9.16. The minimum atomic E-state index is -0.0959. The van der Waals surface area contributed by atoms with Crippen LogP contribution in [0.25, 0.3) is 0 Å². The summed E-state index contributed by atoms with van der Waals surface area (Å²) >= 11 is 0. The second-order valence-electron chi connectivity index (χ2n) is 4.43. The first kappa shape index (κ1) is 10.6. The number of ketones is 1. The van der Waals surface area contributed by atoms with Crippen molar-refractivity contribution in [2.24, 2.45) is 5.92 Å². The van der Waals surface area contributed by atoms with E-state index < -0.39 is 0 Å². The third-order valence-electron chi connectivity index (χ3n) is 3.22. The number of Topliss-reactive ketones (excluding diaryl/α,β-unsaturated/α-hetero) is 1. The Balaban J connectivity index is 1.93. The van der Waals surface area contributed by atoms with E-state index in [4.69, 9.17) is 0 Å². The number of carbonyl (C=O) groups excluding carboxylic acids is 2. The monoisotopic (exact) mass is 210 g/mol. The smallest absolute Gasteiger partial charge is 0.237 e. The summed E-state index contributed by atoms with van der Waals surface area (Å²) in [6.45, 7) is 3.94. The molecule has 84 valence electrons. The lowest BCUT2D eigenvalue weighted by Gasteiger charge is -2.33. The largest absolute Gasteiger partial charge is 0.353 e. The van der Waals surface area contributed by atoms with Crippen molar-refractivity contribution in [3.8, 4) is 0 Å². The van der Waals surface area contributed by atoms with Crippen LogP contribution in [0.3, 0.4) is 0 Å². The van der Waals surface area contributed by atoms with Crippen LogP contribution in [0.5, 0.6) is 0 Å². The van der Waals surface area contributed by atoms with Gasteiger partial charge in [-0.1, -0.05) is 6.92 Å². The average Bonchev–Trinajstić information content (AvgIpc) is 3.01. The molecule has 0 aromatic carbocycles. The van der Waals surface area contributed by atoms with Crippen molar-refractivity contribution in [1.29, 1.82) is 0 Å². The molecular weight excluding hydrogens is 192 g/mol. The van der Waals surface area contributed by atoms with E-state index in [1.807, 2.05) is 11.8 Å². The molecule has 1 saturated carbocycles. The highest BCUT2D eigenvalue weighted by molar-refractivity contribution is 5.87. The fraction of sp³-hybridized carbons (Fsp3) is 0.818. The molecule has 4 heteroatoms. The summed E-state index contributed by atoms with van der Waals surface area (Å²) in [6.07, 6.45) is 2.88. The molecular formula is C11H18N2O2. The average molecular weight is 210 g/mol. The zero-order valence-corrected chi connectivity index (χ0v) is 9.16. The van der Waals surface area contributed by atoms with E-state index >= 15 is 0 Å². The molecule has 0 aromatic heterocycles. The maximum absolute atomic E-state index is 11.7. The Bertz CT molecular complexity index is 274. The molecule has 0 aromatic rings. The normalized spacial score (nSPS) is 27.5. The highest BCUT2D eigenvalue weighted by Crippen LogP contribution is 2.30. The molecule has 1 heterocycles. The number of amides is 1. The molecule has 1 amide bonds. The third-order valence-corrected chi connectivity index (χ3v) is 3.22. The lowest BCUT2D eigenvalue weighted by Crippen LogP contribution is -2.56. The molecule has 0 bridgehead atoms. The van der Waals surface area contributed by atoms with Gasteiger partial charge in [0.15, 0.2) is 0 Å². The summed E-state index contributed by atoms with van der Waals surface area (Å²) in [5, 5.41) is 2.84. The van der Waals surface area contributed by atoms with Crippen LogP contribution < -0.4 is 5.32 Å². The summed E-state index contributed by atoms with van der Waals surface area (Å²) in [6, 6.07) is -0.0959. The SMILES string of the molecule is CCC1C(=O)NCCN1CC(=O)C1CC1. The van der Waals surface area contributed by atoms with E-state index in [-0.39, 0.29) is 11.9 Å². The molecule has 1 unspecified atom stereocenters. The van der Waals surface area contributed by atoms with Gasteiger partial charge >= 0.3 is 0 Å². The van der Waals surface area contributed by atoms with Crippen molar-refractivity contribution in [2.75, 3.05) is 19.6 Å². The van der Waals surface area contributed by atoms with Crippen molar-refractivity contribution >= 4 is 11.7 Å². The summed E-state index contributed by atoms with van der Waals surface area (Å²) in [7, 11) is 0. The summed E-state index contributed by atoms with van der Waals surface area (Å²) in [5.41, 5.74) is 0. The molecule has 0 radical (unpaired) electrons. The Labute approximate surface area is 90.0 Å². The van der Waals surface area contributed by atoms with Crippen LogP contribution in [-0.2, 0) is 9.59 Å². The van der Waals surface area contributed by atoms with Crippen molar-refractivity contribution in [2.45, 2.75) is 32.2 Å². The van der Waals surface area contributed by atoms with Crippen molar-refractivity contribution in [3.05, 3.63) is 0 Å². The lowest BCUT2D eigenvalue weighted by atomic mass is 10.1. The van der Waals surface area contributed by atoms with Crippen molar-refractivity contribution in [3.63, 3.8) is 0 Å². The van der Waals surface area contributed by atoms with Crippen LogP contribution in [0, 0.1) is 5.92 Å². The quantitative estimate of drug-likeness (QED) is 0.720. The summed E-state index contributed by atoms with van der Waals surface area (Å²) < 4.78 is 0. The van der Waals surface area contributed by atoms with E-state index in [0.717, 1.165) is 25.8 Å². The van der Waals surface area contributed by atoms with Crippen LogP contribution in [0.15, 0.2) is 0 Å². The topological polar surface area (TPSA) is 49.4 Å². The molecule has 2 rings (SSSR count). The first-order valence-corrected chi connectivity index (χ1v) is 5.77. The van der Waals surface area contributed by atoms with E-state index in [1.54, 1.807) is 0 Å². The van der Waals surface area contributed by atoms with Crippen molar-refractivity contribution < 1.29 is 9.59 Å². The number of hydrogen-bond acceptors (Lipinski definition) is 3. The second kappa shape index (κ2) is 4.31. The third kappa shape index (κ3) is 2.37. The Morgan fingerprint density at radius 2 is 2.27 bits per heavy atom. The van der Waals surface area contributed by atoms with Gasteiger partial charge in [-0.2, -0.15) is 0 Å². The molecule has 0 spiro atoms. The number of rotatable bonds is 4. The molecule has 1 aliphatic heterocycles. The van der Waals surface area contributed by atoms with Gasteiger partial charge in [-0.15, -0.1) is 0 Å². The van der Waals surface area contributed by atoms with Gasteiger partial charge in [-0.25, -0.2) is 0 Å². The highest BCUT2D eigenvalue weighted by Gasteiger charge is 2.34. The fourth-order valence-corrected chi connectivity index (χ4v) is 2.13. The predicted molar refractivity (Wildman–Crippen MR) is 56.4 cm³/mol. The number of carbonyl (C=O) groups is 2. The molecule has 4 nitrogen and oxygen atoms in total. The first-order chi connectivity index (χ1) is 7.22. The fourth-order valence-electron chi connectivity index (χ4n) is 2.13. The molecule has 1 aliphatic carbocycles. The van der Waals surface area contributed by atoms with Crippen LogP contribution in [-0.4, -0.2) is 42.3 Å². The van der Waals surface area contributed by atoms with Gasteiger partial charge in [0, 0.05) is 19.0 Å².